The quantitative estimate of drug-likeness (QED) is 0.889. The van der Waals surface area contributed by atoms with Crippen LogP contribution < -0.4 is 15.2 Å². The number of hydrogen-bond acceptors (Lipinski definition) is 3. The molecular formula is C10H10BrClF3NO2. The van der Waals surface area contributed by atoms with Crippen LogP contribution in [-0.4, -0.2) is 13.0 Å². The maximum atomic E-state index is 12.2. The molecule has 0 fully saturated rings. The number of rotatable bonds is 2. The van der Waals surface area contributed by atoms with Crippen molar-refractivity contribution in [1.82, 2.24) is 0 Å². The number of halogens is 5. The highest BCUT2D eigenvalue weighted by molar-refractivity contribution is 9.10. The van der Waals surface area contributed by atoms with Crippen molar-refractivity contribution in [2.75, 3.05) is 6.79 Å². The molecule has 0 saturated carbocycles. The van der Waals surface area contributed by atoms with Crippen molar-refractivity contribution in [2.45, 2.75) is 18.6 Å². The van der Waals surface area contributed by atoms with Crippen LogP contribution in [0, 0.1) is 0 Å². The Hall–Kier alpha value is -0.660. The van der Waals surface area contributed by atoms with Crippen LogP contribution in [0.2, 0.25) is 0 Å². The lowest BCUT2D eigenvalue weighted by molar-refractivity contribution is -0.138. The molecule has 0 saturated heterocycles. The van der Waals surface area contributed by atoms with Crippen molar-refractivity contribution in [3.63, 3.8) is 0 Å². The summed E-state index contributed by atoms with van der Waals surface area (Å²) in [6, 6.07) is 1.91. The van der Waals surface area contributed by atoms with Crippen LogP contribution in [-0.2, 0) is 0 Å². The minimum Gasteiger partial charge on any atom is -0.454 e. The van der Waals surface area contributed by atoms with Crippen molar-refractivity contribution in [2.24, 2.45) is 5.73 Å². The molecule has 1 aromatic carbocycles. The molecule has 1 aromatic rings. The fourth-order valence-electron chi connectivity index (χ4n) is 1.58. The van der Waals surface area contributed by atoms with E-state index in [-0.39, 0.29) is 19.2 Å². The van der Waals surface area contributed by atoms with Gasteiger partial charge in [-0.15, -0.1) is 12.4 Å². The average molecular weight is 349 g/mol. The lowest BCUT2D eigenvalue weighted by Gasteiger charge is -2.16. The topological polar surface area (TPSA) is 44.5 Å². The highest BCUT2D eigenvalue weighted by atomic mass is 79.9. The van der Waals surface area contributed by atoms with E-state index in [2.05, 4.69) is 15.9 Å². The molecule has 1 heterocycles. The van der Waals surface area contributed by atoms with Crippen LogP contribution in [0.1, 0.15) is 18.0 Å². The molecule has 0 amide bonds. The Morgan fingerprint density at radius 1 is 1.28 bits per heavy atom. The molecule has 18 heavy (non-hydrogen) atoms. The summed E-state index contributed by atoms with van der Waals surface area (Å²) in [6.07, 6.45) is -5.37. The first-order valence-electron chi connectivity index (χ1n) is 4.78. The Bertz CT molecular complexity index is 442. The van der Waals surface area contributed by atoms with Crippen LogP contribution in [0.15, 0.2) is 16.6 Å². The maximum absolute atomic E-state index is 12.2. The fourth-order valence-corrected chi connectivity index (χ4v) is 2.19. The molecule has 3 nitrogen and oxygen atoms in total. The molecule has 0 radical (unpaired) electrons. The average Bonchev–Trinajstić information content (AvgIpc) is 2.60. The second-order valence-corrected chi connectivity index (χ2v) is 4.51. The van der Waals surface area contributed by atoms with Crippen LogP contribution in [0.4, 0.5) is 13.2 Å². The van der Waals surface area contributed by atoms with Crippen LogP contribution in [0.5, 0.6) is 11.5 Å². The molecule has 2 rings (SSSR count). The molecule has 0 aromatic heterocycles. The second kappa shape index (κ2) is 5.54. The normalized spacial score (nSPS) is 15.2. The van der Waals surface area contributed by atoms with Gasteiger partial charge in [0.1, 0.15) is 0 Å². The molecule has 2 N–H and O–H groups in total. The van der Waals surface area contributed by atoms with Gasteiger partial charge in [-0.05, 0) is 17.7 Å². The zero-order chi connectivity index (χ0) is 12.6. The number of nitrogens with two attached hydrogens (primary N) is 1. The van der Waals surface area contributed by atoms with Crippen molar-refractivity contribution >= 4 is 28.3 Å². The number of hydrogen-bond donors (Lipinski definition) is 1. The van der Waals surface area contributed by atoms with E-state index in [9.17, 15) is 13.2 Å². The number of benzene rings is 1. The third kappa shape index (κ3) is 3.43. The minimum atomic E-state index is -4.30. The van der Waals surface area contributed by atoms with E-state index >= 15 is 0 Å². The minimum absolute atomic E-state index is 0. The molecule has 0 unspecified atom stereocenters. The first kappa shape index (κ1) is 15.4. The molecule has 0 bridgehead atoms. The highest BCUT2D eigenvalue weighted by Crippen LogP contribution is 2.40. The van der Waals surface area contributed by atoms with Gasteiger partial charge in [-0.25, -0.2) is 0 Å². The van der Waals surface area contributed by atoms with Gasteiger partial charge in [-0.2, -0.15) is 13.2 Å². The van der Waals surface area contributed by atoms with Gasteiger partial charge in [0.15, 0.2) is 11.5 Å². The van der Waals surface area contributed by atoms with Gasteiger partial charge in [0.05, 0.1) is 6.42 Å². The molecule has 0 aliphatic carbocycles. The number of fused-ring (bicyclic) bond motifs is 1. The van der Waals surface area contributed by atoms with E-state index in [4.69, 9.17) is 15.2 Å². The standard InChI is InChI=1S/C10H9BrF3NO2.ClH/c11-6-2-9-8(16-4-17-9)1-5(6)7(15)3-10(12,13)14;/h1-2,7H,3-4,15H2;1H/t7-;/m1./s1. The van der Waals surface area contributed by atoms with E-state index < -0.39 is 18.6 Å². The van der Waals surface area contributed by atoms with Crippen molar-refractivity contribution < 1.29 is 22.6 Å². The van der Waals surface area contributed by atoms with Crippen molar-refractivity contribution in [3.05, 3.63) is 22.2 Å². The van der Waals surface area contributed by atoms with E-state index in [0.29, 0.717) is 21.5 Å². The lowest BCUT2D eigenvalue weighted by Crippen LogP contribution is -2.20. The molecule has 0 spiro atoms. The zero-order valence-corrected chi connectivity index (χ0v) is 11.4. The first-order valence-corrected chi connectivity index (χ1v) is 5.57. The van der Waals surface area contributed by atoms with Gasteiger partial charge in [-0.3, -0.25) is 0 Å². The largest absolute Gasteiger partial charge is 0.454 e. The summed E-state index contributed by atoms with van der Waals surface area (Å²) in [7, 11) is 0. The molecule has 102 valence electrons. The van der Waals surface area contributed by atoms with Gasteiger partial charge in [-0.1, -0.05) is 15.9 Å². The van der Waals surface area contributed by atoms with Crippen LogP contribution >= 0.6 is 28.3 Å². The Labute approximate surface area is 116 Å². The maximum Gasteiger partial charge on any atom is 0.390 e. The summed E-state index contributed by atoms with van der Waals surface area (Å²) < 4.78 is 47.4. The van der Waals surface area contributed by atoms with E-state index in [0.717, 1.165) is 0 Å². The van der Waals surface area contributed by atoms with Gasteiger partial charge in [0.25, 0.3) is 0 Å². The van der Waals surface area contributed by atoms with Gasteiger partial charge in [0, 0.05) is 10.5 Å². The highest BCUT2D eigenvalue weighted by Gasteiger charge is 2.32. The monoisotopic (exact) mass is 347 g/mol. The Morgan fingerprint density at radius 2 is 1.83 bits per heavy atom. The molecule has 1 aliphatic rings. The predicted molar refractivity (Wildman–Crippen MR) is 65.1 cm³/mol. The fraction of sp³-hybridized carbons (Fsp3) is 0.400. The van der Waals surface area contributed by atoms with E-state index in [1.54, 1.807) is 6.07 Å². The lowest BCUT2D eigenvalue weighted by atomic mass is 10.0. The molecular weight excluding hydrogens is 338 g/mol. The van der Waals surface area contributed by atoms with Gasteiger partial charge >= 0.3 is 6.18 Å². The van der Waals surface area contributed by atoms with Crippen molar-refractivity contribution in [1.29, 1.82) is 0 Å². The predicted octanol–water partition coefficient (Wildman–Crippen LogP) is 3.55. The molecule has 1 aliphatic heterocycles. The Balaban J connectivity index is 0.00000162. The molecule has 1 atom stereocenters. The van der Waals surface area contributed by atoms with E-state index in [1.165, 1.54) is 6.07 Å². The smallest absolute Gasteiger partial charge is 0.390 e. The summed E-state index contributed by atoms with van der Waals surface area (Å²) in [6.45, 7) is 0.0692. The van der Waals surface area contributed by atoms with Gasteiger partial charge in [0.2, 0.25) is 6.79 Å². The Kier molecular flexibility index (Phi) is 4.74. The zero-order valence-electron chi connectivity index (χ0n) is 8.96. The summed E-state index contributed by atoms with van der Waals surface area (Å²) in [5, 5.41) is 0. The van der Waals surface area contributed by atoms with Gasteiger partial charge < -0.3 is 15.2 Å². The van der Waals surface area contributed by atoms with Crippen LogP contribution in [0.3, 0.4) is 0 Å². The second-order valence-electron chi connectivity index (χ2n) is 3.65. The Morgan fingerprint density at radius 3 is 2.39 bits per heavy atom. The summed E-state index contributed by atoms with van der Waals surface area (Å²) in [4.78, 5) is 0. The third-order valence-corrected chi connectivity index (χ3v) is 3.03. The summed E-state index contributed by atoms with van der Waals surface area (Å²) in [5.41, 5.74) is 5.88. The SMILES string of the molecule is Cl.N[C@H](CC(F)(F)F)c1cc2c(cc1Br)OCO2. The van der Waals surface area contributed by atoms with E-state index in [1.807, 2.05) is 0 Å². The first-order chi connectivity index (χ1) is 7.87. The van der Waals surface area contributed by atoms with Crippen molar-refractivity contribution in [3.8, 4) is 11.5 Å². The summed E-state index contributed by atoms with van der Waals surface area (Å²) in [5.74, 6) is 0.917. The van der Waals surface area contributed by atoms with Crippen LogP contribution in [0.25, 0.3) is 0 Å². The third-order valence-electron chi connectivity index (χ3n) is 2.34. The molecule has 8 heteroatoms. The number of alkyl halides is 3. The number of ether oxygens (including phenoxy) is 2. The summed E-state index contributed by atoms with van der Waals surface area (Å²) >= 11 is 3.18.